The lowest BCUT2D eigenvalue weighted by Gasteiger charge is -2.22. The second-order valence-corrected chi connectivity index (χ2v) is 9.82. The number of rotatable bonds is 11. The quantitative estimate of drug-likeness (QED) is 0.208. The molecule has 2 aromatic rings. The van der Waals surface area contributed by atoms with Crippen LogP contribution in [0.25, 0.3) is 6.08 Å². The number of benzene rings is 1. The largest absolute Gasteiger partial charge is 0.469 e. The van der Waals surface area contributed by atoms with Crippen LogP contribution in [-0.2, 0) is 31.4 Å². The van der Waals surface area contributed by atoms with Gasteiger partial charge in [0.15, 0.2) is 0 Å². The Hall–Kier alpha value is -3.03. The highest BCUT2D eigenvalue weighted by Gasteiger charge is 2.32. The predicted octanol–water partition coefficient (Wildman–Crippen LogP) is 4.05. The van der Waals surface area contributed by atoms with E-state index in [0.717, 1.165) is 18.2 Å². The Morgan fingerprint density at radius 2 is 1.97 bits per heavy atom. The first-order valence-electron chi connectivity index (χ1n) is 10.5. The molecule has 0 bridgehead atoms. The molecule has 0 spiro atoms. The van der Waals surface area contributed by atoms with E-state index in [4.69, 9.17) is 15.5 Å². The van der Waals surface area contributed by atoms with E-state index in [9.17, 15) is 27.3 Å². The minimum atomic E-state index is -4.81. The number of hydrogen-bond acceptors (Lipinski definition) is 8. The topological polar surface area (TPSA) is 156 Å². The number of nitrogens with two attached hydrogens (primary N) is 1. The molecule has 15 heteroatoms. The van der Waals surface area contributed by atoms with E-state index in [0.29, 0.717) is 29.6 Å². The summed E-state index contributed by atoms with van der Waals surface area (Å²) in [6.45, 7) is 2.54. The number of aromatic nitrogens is 2. The number of carbonyl (C=O) groups excluding carboxylic acids is 2. The number of nitrogen functional groups attached to an aromatic ring is 1. The third-order valence-corrected chi connectivity index (χ3v) is 6.40. The standard InChI is InChI=1S/C22H24F3N4O6PS/c1-14(29(13-30)12-17-11-27-15(2)28-21(17)26)19(9-10-35-36(32,33)34)37-20(31)8-7-16-5-3-4-6-18(16)22(23,24)25/h3-8,11,13H,9-10,12H2,1-2H3,(H2,26,27,28)(H2,32,33,34)/b8-7+,19-14-. The van der Waals surface area contributed by atoms with Gasteiger partial charge in [-0.25, -0.2) is 14.5 Å². The van der Waals surface area contributed by atoms with E-state index in [-0.39, 0.29) is 34.9 Å². The van der Waals surface area contributed by atoms with Gasteiger partial charge in [-0.3, -0.25) is 14.1 Å². The number of nitrogens with zero attached hydrogens (tertiary/aromatic N) is 3. The van der Waals surface area contributed by atoms with Gasteiger partial charge in [0.2, 0.25) is 11.5 Å². The molecule has 200 valence electrons. The molecule has 0 atom stereocenters. The molecule has 0 fully saturated rings. The smallest absolute Gasteiger partial charge is 0.383 e. The zero-order valence-corrected chi connectivity index (χ0v) is 21.4. The van der Waals surface area contributed by atoms with Gasteiger partial charge in [0.25, 0.3) is 0 Å². The van der Waals surface area contributed by atoms with E-state index in [1.807, 2.05) is 0 Å². The Morgan fingerprint density at radius 3 is 2.57 bits per heavy atom. The molecular weight excluding hydrogens is 536 g/mol. The van der Waals surface area contributed by atoms with Crippen LogP contribution < -0.4 is 5.73 Å². The normalized spacial score (nSPS) is 12.9. The van der Waals surface area contributed by atoms with Gasteiger partial charge in [-0.1, -0.05) is 18.2 Å². The molecule has 10 nitrogen and oxygen atoms in total. The second-order valence-electron chi connectivity index (χ2n) is 7.48. The lowest BCUT2D eigenvalue weighted by Crippen LogP contribution is -2.22. The minimum Gasteiger partial charge on any atom is -0.383 e. The third kappa shape index (κ3) is 9.74. The van der Waals surface area contributed by atoms with Crippen LogP contribution in [0.2, 0.25) is 0 Å². The highest BCUT2D eigenvalue weighted by molar-refractivity contribution is 8.17. The summed E-state index contributed by atoms with van der Waals surface area (Å²) in [5.41, 5.74) is 5.37. The third-order valence-electron chi connectivity index (χ3n) is 4.80. The monoisotopic (exact) mass is 560 g/mol. The SMILES string of the molecule is C/C(=C(\CCOP(=O)(O)O)SC(=O)/C=C/c1ccccc1C(F)(F)F)N(C=O)Cc1cnc(C)nc1N. The molecule has 0 aliphatic rings. The van der Waals surface area contributed by atoms with Crippen LogP contribution in [0.15, 0.2) is 47.1 Å². The molecule has 1 aromatic heterocycles. The van der Waals surface area contributed by atoms with Crippen molar-refractivity contribution in [3.8, 4) is 0 Å². The minimum absolute atomic E-state index is 0.0756. The van der Waals surface area contributed by atoms with Crippen LogP contribution in [-0.4, -0.2) is 42.8 Å². The summed E-state index contributed by atoms with van der Waals surface area (Å²) in [7, 11) is -4.81. The predicted molar refractivity (Wildman–Crippen MR) is 131 cm³/mol. The summed E-state index contributed by atoms with van der Waals surface area (Å²) < 4.78 is 55.2. The van der Waals surface area contributed by atoms with Gasteiger partial charge in [0.1, 0.15) is 11.6 Å². The van der Waals surface area contributed by atoms with Gasteiger partial charge in [0, 0.05) is 28.8 Å². The van der Waals surface area contributed by atoms with Gasteiger partial charge in [0.05, 0.1) is 18.7 Å². The fraction of sp³-hybridized carbons (Fsp3) is 0.273. The summed E-state index contributed by atoms with van der Waals surface area (Å²) in [5.74, 6) is 0.551. The summed E-state index contributed by atoms with van der Waals surface area (Å²) in [5, 5.41) is -0.688. The molecule has 2 rings (SSSR count). The average Bonchev–Trinajstić information content (AvgIpc) is 2.80. The lowest BCUT2D eigenvalue weighted by atomic mass is 10.1. The van der Waals surface area contributed by atoms with Crippen LogP contribution >= 0.6 is 19.6 Å². The summed E-state index contributed by atoms with van der Waals surface area (Å²) in [6, 6.07) is 4.70. The van der Waals surface area contributed by atoms with Gasteiger partial charge in [-0.2, -0.15) is 13.2 Å². The maximum Gasteiger partial charge on any atom is 0.469 e. The zero-order valence-electron chi connectivity index (χ0n) is 19.7. The summed E-state index contributed by atoms with van der Waals surface area (Å²) >= 11 is 0.574. The molecule has 0 saturated carbocycles. The van der Waals surface area contributed by atoms with Crippen molar-refractivity contribution in [3.05, 3.63) is 69.7 Å². The van der Waals surface area contributed by atoms with Gasteiger partial charge >= 0.3 is 14.0 Å². The van der Waals surface area contributed by atoms with Gasteiger partial charge < -0.3 is 20.4 Å². The molecule has 1 aromatic carbocycles. The number of allylic oxidation sites excluding steroid dienone is 1. The number of hydrogen-bond donors (Lipinski definition) is 3. The van der Waals surface area contributed by atoms with Crippen LogP contribution in [0.3, 0.4) is 0 Å². The maximum absolute atomic E-state index is 13.2. The summed E-state index contributed by atoms with van der Waals surface area (Å²) in [6.07, 6.45) is -0.978. The fourth-order valence-corrected chi connectivity index (χ4v) is 4.15. The van der Waals surface area contributed by atoms with Crippen molar-refractivity contribution in [2.45, 2.75) is 33.0 Å². The van der Waals surface area contributed by atoms with Crippen molar-refractivity contribution in [2.24, 2.45) is 0 Å². The number of amides is 1. The number of phosphoric ester groups is 1. The molecule has 1 amide bonds. The molecule has 0 unspecified atom stereocenters. The van der Waals surface area contributed by atoms with E-state index < -0.39 is 31.3 Å². The average molecular weight is 560 g/mol. The van der Waals surface area contributed by atoms with Gasteiger partial charge in [-0.05, 0) is 49.4 Å². The first-order valence-corrected chi connectivity index (χ1v) is 12.8. The molecule has 0 aliphatic heterocycles. The van der Waals surface area contributed by atoms with Crippen molar-refractivity contribution < 1.29 is 41.6 Å². The number of aryl methyl sites for hydroxylation is 1. The van der Waals surface area contributed by atoms with E-state index in [1.54, 1.807) is 6.92 Å². The highest BCUT2D eigenvalue weighted by atomic mass is 32.2. The molecule has 0 saturated heterocycles. The number of carbonyl (C=O) groups is 2. The van der Waals surface area contributed by atoms with Crippen LogP contribution in [0, 0.1) is 6.92 Å². The zero-order chi connectivity index (χ0) is 27.8. The van der Waals surface area contributed by atoms with Crippen molar-refractivity contribution in [2.75, 3.05) is 12.3 Å². The first-order chi connectivity index (χ1) is 17.2. The molecule has 4 N–H and O–H groups in total. The van der Waals surface area contributed by atoms with Crippen molar-refractivity contribution in [1.82, 2.24) is 14.9 Å². The Kier molecular flexibility index (Phi) is 10.6. The van der Waals surface area contributed by atoms with Crippen molar-refractivity contribution >= 4 is 43.0 Å². The number of thioether (sulfide) groups is 1. The molecular formula is C22H24F3N4O6PS. The molecule has 37 heavy (non-hydrogen) atoms. The molecule has 0 radical (unpaired) electrons. The fourth-order valence-electron chi connectivity index (χ4n) is 2.99. The van der Waals surface area contributed by atoms with Crippen molar-refractivity contribution in [1.29, 1.82) is 0 Å². The van der Waals surface area contributed by atoms with Crippen molar-refractivity contribution in [3.63, 3.8) is 0 Å². The number of anilines is 1. The summed E-state index contributed by atoms with van der Waals surface area (Å²) in [4.78, 5) is 51.8. The Labute approximate surface area is 214 Å². The number of phosphoric acid groups is 1. The molecule has 1 heterocycles. The number of halogens is 3. The Bertz CT molecular complexity index is 1250. The molecule has 0 aliphatic carbocycles. The van der Waals surface area contributed by atoms with Crippen LogP contribution in [0.4, 0.5) is 19.0 Å². The highest BCUT2D eigenvalue weighted by Crippen LogP contribution is 2.37. The second kappa shape index (κ2) is 13.0. The Morgan fingerprint density at radius 1 is 1.30 bits per heavy atom. The lowest BCUT2D eigenvalue weighted by molar-refractivity contribution is -0.137. The van der Waals surface area contributed by atoms with E-state index >= 15 is 0 Å². The maximum atomic E-state index is 13.2. The van der Waals surface area contributed by atoms with Gasteiger partial charge in [-0.15, -0.1) is 0 Å². The first kappa shape index (κ1) is 30.2. The van der Waals surface area contributed by atoms with Crippen LogP contribution in [0.1, 0.15) is 35.9 Å². The van der Waals surface area contributed by atoms with E-state index in [2.05, 4.69) is 14.5 Å². The Balaban J connectivity index is 2.32. The van der Waals surface area contributed by atoms with E-state index in [1.165, 1.54) is 36.2 Å². The number of alkyl halides is 3. The van der Waals surface area contributed by atoms with Crippen LogP contribution in [0.5, 0.6) is 0 Å².